The molecule has 0 bridgehead atoms. The highest BCUT2D eigenvalue weighted by Crippen LogP contribution is 2.32. The van der Waals surface area contributed by atoms with Gasteiger partial charge in [0.25, 0.3) is 0 Å². The Morgan fingerprint density at radius 2 is 2.29 bits per heavy atom. The van der Waals surface area contributed by atoms with Crippen molar-refractivity contribution in [1.29, 1.82) is 0 Å². The molecule has 2 rings (SSSR count). The number of rotatable bonds is 4. The van der Waals surface area contributed by atoms with Crippen LogP contribution in [0.15, 0.2) is 21.4 Å². The van der Waals surface area contributed by atoms with E-state index in [9.17, 15) is 0 Å². The van der Waals surface area contributed by atoms with E-state index in [-0.39, 0.29) is 6.04 Å². The Hall–Kier alpha value is -0.690. The highest BCUT2D eigenvalue weighted by Gasteiger charge is 2.21. The van der Waals surface area contributed by atoms with Crippen LogP contribution in [0, 0.1) is 0 Å². The Balaban J connectivity index is 2.45. The summed E-state index contributed by atoms with van der Waals surface area (Å²) in [5.41, 5.74) is 6.24. The molecule has 1 atom stereocenters. The summed E-state index contributed by atoms with van der Waals surface area (Å²) >= 11 is 5.20. The quantitative estimate of drug-likeness (QED) is 0.673. The van der Waals surface area contributed by atoms with E-state index in [0.29, 0.717) is 0 Å². The van der Waals surface area contributed by atoms with Crippen LogP contribution in [0.1, 0.15) is 29.8 Å². The highest BCUT2D eigenvalue weighted by atomic mass is 79.9. The minimum absolute atomic E-state index is 0.0146. The number of aromatic nitrogens is 2. The van der Waals surface area contributed by atoms with Gasteiger partial charge in [-0.25, -0.2) is 5.43 Å². The van der Waals surface area contributed by atoms with Crippen LogP contribution in [0.3, 0.4) is 0 Å². The van der Waals surface area contributed by atoms with Crippen molar-refractivity contribution in [3.8, 4) is 0 Å². The van der Waals surface area contributed by atoms with Crippen molar-refractivity contribution < 1.29 is 0 Å². The van der Waals surface area contributed by atoms with Crippen molar-refractivity contribution in [3.05, 3.63) is 38.3 Å². The van der Waals surface area contributed by atoms with Crippen LogP contribution in [0.2, 0.25) is 0 Å². The van der Waals surface area contributed by atoms with Crippen LogP contribution in [0.25, 0.3) is 0 Å². The molecule has 0 spiro atoms. The van der Waals surface area contributed by atoms with Crippen molar-refractivity contribution >= 4 is 27.3 Å². The molecule has 0 fully saturated rings. The number of halogens is 1. The summed E-state index contributed by atoms with van der Waals surface area (Å²) in [4.78, 5) is 0. The van der Waals surface area contributed by atoms with Gasteiger partial charge in [0.05, 0.1) is 11.7 Å². The van der Waals surface area contributed by atoms with Gasteiger partial charge in [-0.3, -0.25) is 10.5 Å². The minimum atomic E-state index is -0.0146. The van der Waals surface area contributed by atoms with Crippen LogP contribution in [-0.2, 0) is 13.5 Å². The number of hydrogen-bond donors (Lipinski definition) is 2. The minimum Gasteiger partial charge on any atom is -0.275 e. The van der Waals surface area contributed by atoms with Crippen molar-refractivity contribution in [2.45, 2.75) is 19.4 Å². The molecule has 2 aromatic rings. The van der Waals surface area contributed by atoms with E-state index < -0.39 is 0 Å². The Bertz CT molecular complexity index is 505. The van der Waals surface area contributed by atoms with E-state index in [1.807, 2.05) is 17.9 Å². The second-order valence-electron chi connectivity index (χ2n) is 3.83. The van der Waals surface area contributed by atoms with E-state index in [4.69, 9.17) is 5.84 Å². The average Bonchev–Trinajstić information content (AvgIpc) is 2.88. The molecule has 0 aromatic carbocycles. The molecule has 3 N–H and O–H groups in total. The molecule has 4 nitrogen and oxygen atoms in total. The summed E-state index contributed by atoms with van der Waals surface area (Å²) < 4.78 is 2.91. The van der Waals surface area contributed by atoms with Gasteiger partial charge in [-0.15, -0.1) is 0 Å². The van der Waals surface area contributed by atoms with Crippen LogP contribution in [0.4, 0.5) is 0 Å². The summed E-state index contributed by atoms with van der Waals surface area (Å²) in [6.07, 6.45) is 2.92. The smallest absolute Gasteiger partial charge is 0.0762 e. The van der Waals surface area contributed by atoms with Crippen LogP contribution < -0.4 is 11.3 Å². The standard InChI is InChI=1S/C11H15BrN4S/c1-3-10-7(4-16(2)15-10)11(14-13)8-5-17-6-9(8)12/h4-6,11,14H,3,13H2,1-2H3. The van der Waals surface area contributed by atoms with Gasteiger partial charge in [0.15, 0.2) is 0 Å². The third-order valence-electron chi connectivity index (χ3n) is 2.70. The number of nitrogens with one attached hydrogen (secondary N) is 1. The lowest BCUT2D eigenvalue weighted by atomic mass is 10.0. The van der Waals surface area contributed by atoms with Crippen molar-refractivity contribution in [1.82, 2.24) is 15.2 Å². The molecular weight excluding hydrogens is 300 g/mol. The predicted octanol–water partition coefficient (Wildman–Crippen LogP) is 2.36. The molecule has 0 saturated heterocycles. The van der Waals surface area contributed by atoms with Gasteiger partial charge >= 0.3 is 0 Å². The zero-order valence-corrected chi connectivity index (χ0v) is 12.2. The van der Waals surface area contributed by atoms with E-state index in [1.54, 1.807) is 11.3 Å². The van der Waals surface area contributed by atoms with Gasteiger partial charge in [-0.05, 0) is 33.3 Å². The van der Waals surface area contributed by atoms with Crippen LogP contribution in [-0.4, -0.2) is 9.78 Å². The maximum atomic E-state index is 5.69. The van der Waals surface area contributed by atoms with Crippen molar-refractivity contribution in [2.75, 3.05) is 0 Å². The number of hydrazine groups is 1. The molecule has 6 heteroatoms. The number of nitrogens with zero attached hydrogens (tertiary/aromatic N) is 2. The molecule has 0 aliphatic heterocycles. The Morgan fingerprint density at radius 3 is 2.82 bits per heavy atom. The van der Waals surface area contributed by atoms with Gasteiger partial charge in [0.2, 0.25) is 0 Å². The van der Waals surface area contributed by atoms with Crippen LogP contribution in [0.5, 0.6) is 0 Å². The second kappa shape index (κ2) is 5.30. The van der Waals surface area contributed by atoms with Gasteiger partial charge in [0.1, 0.15) is 0 Å². The first-order valence-electron chi connectivity index (χ1n) is 5.37. The lowest BCUT2D eigenvalue weighted by Gasteiger charge is -2.15. The predicted molar refractivity (Wildman–Crippen MR) is 73.8 cm³/mol. The zero-order valence-electron chi connectivity index (χ0n) is 9.77. The summed E-state index contributed by atoms with van der Waals surface area (Å²) in [6.45, 7) is 2.10. The molecule has 0 aliphatic rings. The number of nitrogens with two attached hydrogens (primary N) is 1. The fourth-order valence-electron chi connectivity index (χ4n) is 1.91. The topological polar surface area (TPSA) is 55.9 Å². The maximum Gasteiger partial charge on any atom is 0.0762 e. The molecule has 0 saturated carbocycles. The largest absolute Gasteiger partial charge is 0.275 e. The van der Waals surface area contributed by atoms with Gasteiger partial charge in [-0.1, -0.05) is 6.92 Å². The maximum absolute atomic E-state index is 5.69. The molecule has 2 aromatic heterocycles. The molecule has 0 radical (unpaired) electrons. The first kappa shape index (κ1) is 12.8. The average molecular weight is 315 g/mol. The molecule has 0 amide bonds. The van der Waals surface area contributed by atoms with E-state index in [2.05, 4.69) is 44.1 Å². The first-order valence-corrected chi connectivity index (χ1v) is 7.11. The van der Waals surface area contributed by atoms with Crippen LogP contribution >= 0.6 is 27.3 Å². The fraction of sp³-hybridized carbons (Fsp3) is 0.364. The number of aryl methyl sites for hydroxylation is 2. The third-order valence-corrected chi connectivity index (χ3v) is 4.46. The second-order valence-corrected chi connectivity index (χ2v) is 5.43. The van der Waals surface area contributed by atoms with Crippen molar-refractivity contribution in [3.63, 3.8) is 0 Å². The van der Waals surface area contributed by atoms with Gasteiger partial charge < -0.3 is 0 Å². The lowest BCUT2D eigenvalue weighted by molar-refractivity contribution is 0.631. The molecule has 0 aliphatic carbocycles. The molecule has 17 heavy (non-hydrogen) atoms. The van der Waals surface area contributed by atoms with E-state index in [0.717, 1.165) is 27.7 Å². The zero-order chi connectivity index (χ0) is 12.4. The molecular formula is C11H15BrN4S. The summed E-state index contributed by atoms with van der Waals surface area (Å²) in [5.74, 6) is 5.69. The van der Waals surface area contributed by atoms with E-state index in [1.165, 1.54) is 0 Å². The number of thiophene rings is 1. The summed E-state index contributed by atoms with van der Waals surface area (Å²) in [6, 6.07) is -0.0146. The number of hydrogen-bond acceptors (Lipinski definition) is 4. The third kappa shape index (κ3) is 2.44. The summed E-state index contributed by atoms with van der Waals surface area (Å²) in [5, 5.41) is 8.60. The molecule has 2 heterocycles. The van der Waals surface area contributed by atoms with Crippen molar-refractivity contribution in [2.24, 2.45) is 12.9 Å². The SMILES string of the molecule is CCc1nn(C)cc1C(NN)c1cscc1Br. The highest BCUT2D eigenvalue weighted by molar-refractivity contribution is 9.10. The Morgan fingerprint density at radius 1 is 1.53 bits per heavy atom. The normalized spacial score (nSPS) is 12.9. The lowest BCUT2D eigenvalue weighted by Crippen LogP contribution is -2.29. The Labute approximate surface area is 113 Å². The summed E-state index contributed by atoms with van der Waals surface area (Å²) in [7, 11) is 1.93. The first-order chi connectivity index (χ1) is 8.17. The monoisotopic (exact) mass is 314 g/mol. The molecule has 1 unspecified atom stereocenters. The van der Waals surface area contributed by atoms with Gasteiger partial charge in [0, 0.05) is 28.7 Å². The molecule has 92 valence electrons. The Kier molecular flexibility index (Phi) is 3.98. The van der Waals surface area contributed by atoms with E-state index >= 15 is 0 Å². The van der Waals surface area contributed by atoms with Gasteiger partial charge in [-0.2, -0.15) is 16.4 Å². The fourth-order valence-corrected chi connectivity index (χ4v) is 3.47.